The van der Waals surface area contributed by atoms with Crippen molar-refractivity contribution < 1.29 is 9.53 Å². The minimum Gasteiger partial charge on any atom is -0.468 e. The zero-order valence-electron chi connectivity index (χ0n) is 12.3. The third-order valence-electron chi connectivity index (χ3n) is 4.20. The van der Waals surface area contributed by atoms with E-state index in [2.05, 4.69) is 17.3 Å². The van der Waals surface area contributed by atoms with Gasteiger partial charge in [-0.2, -0.15) is 0 Å². The van der Waals surface area contributed by atoms with Crippen LogP contribution >= 0.6 is 0 Å². The molecule has 1 N–H and O–H groups in total. The molecule has 0 radical (unpaired) electrons. The predicted molar refractivity (Wildman–Crippen MR) is 73.6 cm³/mol. The van der Waals surface area contributed by atoms with Crippen LogP contribution in [0.2, 0.25) is 0 Å². The highest BCUT2D eigenvalue weighted by atomic mass is 16.5. The lowest BCUT2D eigenvalue weighted by Crippen LogP contribution is -2.48. The minimum absolute atomic E-state index is 0.174. The van der Waals surface area contributed by atoms with E-state index < -0.39 is 5.54 Å². The molecule has 0 aromatic rings. The van der Waals surface area contributed by atoms with Crippen molar-refractivity contribution in [2.24, 2.45) is 5.92 Å². The number of hydrogen-bond donors (Lipinski definition) is 1. The number of esters is 1. The molecule has 0 amide bonds. The molecule has 0 aromatic heterocycles. The van der Waals surface area contributed by atoms with Gasteiger partial charge in [0.1, 0.15) is 5.54 Å². The smallest absolute Gasteiger partial charge is 0.325 e. The van der Waals surface area contributed by atoms with Gasteiger partial charge in [-0.05, 0) is 59.2 Å². The maximum absolute atomic E-state index is 11.7. The third kappa shape index (κ3) is 4.25. The molecular formula is C14H28N2O2. The molecule has 1 saturated carbocycles. The maximum atomic E-state index is 11.7. The molecule has 0 spiro atoms. The number of carbonyl (C=O) groups excluding carboxylic acids is 1. The zero-order valence-corrected chi connectivity index (χ0v) is 12.3. The highest BCUT2D eigenvalue weighted by molar-refractivity contribution is 5.80. The van der Waals surface area contributed by atoms with Crippen molar-refractivity contribution >= 4 is 5.97 Å². The first-order valence-corrected chi connectivity index (χ1v) is 6.97. The van der Waals surface area contributed by atoms with Gasteiger partial charge in [0.2, 0.25) is 0 Å². The molecule has 4 heteroatoms. The highest BCUT2D eigenvalue weighted by Gasteiger charge is 2.31. The van der Waals surface area contributed by atoms with Crippen LogP contribution < -0.4 is 5.32 Å². The van der Waals surface area contributed by atoms with Crippen molar-refractivity contribution in [3.8, 4) is 0 Å². The Morgan fingerprint density at radius 2 is 2.17 bits per heavy atom. The van der Waals surface area contributed by atoms with E-state index in [1.807, 2.05) is 14.0 Å². The van der Waals surface area contributed by atoms with E-state index >= 15 is 0 Å². The molecule has 1 fully saturated rings. The topological polar surface area (TPSA) is 41.6 Å². The van der Waals surface area contributed by atoms with Crippen LogP contribution in [0.5, 0.6) is 0 Å². The number of methoxy groups -OCH3 is 1. The molecule has 1 unspecified atom stereocenters. The van der Waals surface area contributed by atoms with E-state index in [0.717, 1.165) is 25.3 Å². The number of likely N-dealkylation sites (N-methyl/N-ethyl adjacent to an activating group) is 1. The van der Waals surface area contributed by atoms with Gasteiger partial charge in [0.15, 0.2) is 0 Å². The molecule has 1 atom stereocenters. The second-order valence-electron chi connectivity index (χ2n) is 5.74. The lowest BCUT2D eigenvalue weighted by molar-refractivity contribution is -0.148. The fraction of sp³-hybridized carbons (Fsp3) is 0.929. The van der Waals surface area contributed by atoms with E-state index in [9.17, 15) is 4.79 Å². The number of ether oxygens (including phenoxy) is 1. The Hall–Kier alpha value is -0.610. The Kier molecular flexibility index (Phi) is 6.09. The molecule has 106 valence electrons. The number of carbonyl (C=O) groups is 1. The van der Waals surface area contributed by atoms with E-state index in [-0.39, 0.29) is 5.97 Å². The van der Waals surface area contributed by atoms with Crippen molar-refractivity contribution in [2.45, 2.75) is 44.6 Å². The van der Waals surface area contributed by atoms with Crippen molar-refractivity contribution in [2.75, 3.05) is 34.3 Å². The van der Waals surface area contributed by atoms with Crippen LogP contribution in [0.15, 0.2) is 0 Å². The van der Waals surface area contributed by atoms with Gasteiger partial charge in [0, 0.05) is 6.54 Å². The SMILES string of the molecule is CNC(C)(CCCN(C)CC1CCC1)C(=O)OC. The summed E-state index contributed by atoms with van der Waals surface area (Å²) >= 11 is 0. The monoisotopic (exact) mass is 256 g/mol. The predicted octanol–water partition coefficient (Wildman–Crippen LogP) is 1.65. The van der Waals surface area contributed by atoms with E-state index in [4.69, 9.17) is 4.74 Å². The van der Waals surface area contributed by atoms with Gasteiger partial charge in [0.25, 0.3) is 0 Å². The average molecular weight is 256 g/mol. The van der Waals surface area contributed by atoms with E-state index in [1.165, 1.54) is 32.9 Å². The normalized spacial score (nSPS) is 19.4. The van der Waals surface area contributed by atoms with Crippen LogP contribution in [-0.4, -0.2) is 50.7 Å². The van der Waals surface area contributed by atoms with Gasteiger partial charge in [-0.15, -0.1) is 0 Å². The summed E-state index contributed by atoms with van der Waals surface area (Å²) in [7, 11) is 5.43. The lowest BCUT2D eigenvalue weighted by Gasteiger charge is -2.31. The fourth-order valence-electron chi connectivity index (χ4n) is 2.46. The first-order chi connectivity index (χ1) is 8.51. The van der Waals surface area contributed by atoms with Gasteiger partial charge in [-0.1, -0.05) is 6.42 Å². The first kappa shape index (κ1) is 15.4. The number of rotatable bonds is 8. The summed E-state index contributed by atoms with van der Waals surface area (Å²) in [5.74, 6) is 0.734. The van der Waals surface area contributed by atoms with Gasteiger partial charge >= 0.3 is 5.97 Å². The molecule has 4 nitrogen and oxygen atoms in total. The number of nitrogens with zero attached hydrogens (tertiary/aromatic N) is 1. The molecule has 0 saturated heterocycles. The van der Waals surface area contributed by atoms with Crippen molar-refractivity contribution in [1.82, 2.24) is 10.2 Å². The van der Waals surface area contributed by atoms with E-state index in [1.54, 1.807) is 0 Å². The van der Waals surface area contributed by atoms with Crippen LogP contribution in [0, 0.1) is 5.92 Å². The van der Waals surface area contributed by atoms with Gasteiger partial charge < -0.3 is 15.0 Å². The number of hydrogen-bond acceptors (Lipinski definition) is 4. The fourth-order valence-corrected chi connectivity index (χ4v) is 2.46. The molecule has 1 aliphatic carbocycles. The standard InChI is InChI=1S/C14H28N2O2/c1-14(15-2,13(17)18-4)9-6-10-16(3)11-12-7-5-8-12/h12,15H,5-11H2,1-4H3. The second-order valence-corrected chi connectivity index (χ2v) is 5.74. The molecule has 0 aromatic carbocycles. The molecule has 18 heavy (non-hydrogen) atoms. The summed E-state index contributed by atoms with van der Waals surface area (Å²) in [6, 6.07) is 0. The summed E-state index contributed by atoms with van der Waals surface area (Å²) in [5, 5.41) is 3.07. The molecular weight excluding hydrogens is 228 g/mol. The Bertz CT molecular complexity index is 267. The summed E-state index contributed by atoms with van der Waals surface area (Å²) in [6.45, 7) is 4.16. The molecule has 1 aliphatic rings. The summed E-state index contributed by atoms with van der Waals surface area (Å²) in [5.41, 5.74) is -0.550. The first-order valence-electron chi connectivity index (χ1n) is 6.97. The quantitative estimate of drug-likeness (QED) is 0.671. The van der Waals surface area contributed by atoms with E-state index in [0.29, 0.717) is 0 Å². The zero-order chi connectivity index (χ0) is 13.6. The highest BCUT2D eigenvalue weighted by Crippen LogP contribution is 2.26. The van der Waals surface area contributed by atoms with Crippen LogP contribution in [0.4, 0.5) is 0 Å². The van der Waals surface area contributed by atoms with Crippen LogP contribution in [0.1, 0.15) is 39.0 Å². The Morgan fingerprint density at radius 1 is 1.50 bits per heavy atom. The summed E-state index contributed by atoms with van der Waals surface area (Å²) in [6.07, 6.45) is 6.00. The van der Waals surface area contributed by atoms with Crippen LogP contribution in [0.25, 0.3) is 0 Å². The molecule has 0 heterocycles. The third-order valence-corrected chi connectivity index (χ3v) is 4.20. The van der Waals surface area contributed by atoms with Crippen molar-refractivity contribution in [3.05, 3.63) is 0 Å². The van der Waals surface area contributed by atoms with Gasteiger partial charge in [-0.25, -0.2) is 0 Å². The molecule has 0 aliphatic heterocycles. The minimum atomic E-state index is -0.550. The Morgan fingerprint density at radius 3 is 2.61 bits per heavy atom. The van der Waals surface area contributed by atoms with Crippen LogP contribution in [-0.2, 0) is 9.53 Å². The maximum Gasteiger partial charge on any atom is 0.325 e. The molecule has 1 rings (SSSR count). The van der Waals surface area contributed by atoms with Crippen LogP contribution in [0.3, 0.4) is 0 Å². The van der Waals surface area contributed by atoms with Gasteiger partial charge in [-0.3, -0.25) is 4.79 Å². The number of nitrogens with one attached hydrogen (secondary N) is 1. The van der Waals surface area contributed by atoms with Crippen molar-refractivity contribution in [3.63, 3.8) is 0 Å². The average Bonchev–Trinajstić information content (AvgIpc) is 2.32. The molecule has 0 bridgehead atoms. The Balaban J connectivity index is 2.23. The Labute approximate surface area is 111 Å². The summed E-state index contributed by atoms with van der Waals surface area (Å²) in [4.78, 5) is 14.1. The van der Waals surface area contributed by atoms with Crippen molar-refractivity contribution in [1.29, 1.82) is 0 Å². The largest absolute Gasteiger partial charge is 0.468 e. The van der Waals surface area contributed by atoms with Gasteiger partial charge in [0.05, 0.1) is 7.11 Å². The summed E-state index contributed by atoms with van der Waals surface area (Å²) < 4.78 is 4.84. The second kappa shape index (κ2) is 7.10. The lowest BCUT2D eigenvalue weighted by atomic mass is 9.85.